The standard InChI is InChI=1S/C19H27N5O3S/c1-23(2)13-17-6-7-18(27-17)15-28-12-11-22-19(14-24(25)26)21-10-8-16-5-3-4-9-20-16/h3-7,9H,8,10-15H2,1-2H3,(H,21,22). The van der Waals surface area contributed by atoms with E-state index in [2.05, 4.69) is 20.2 Å². The van der Waals surface area contributed by atoms with Gasteiger partial charge in [0.05, 0.1) is 18.8 Å². The van der Waals surface area contributed by atoms with Gasteiger partial charge in [-0.05, 0) is 38.4 Å². The molecule has 2 heterocycles. The van der Waals surface area contributed by atoms with Crippen LogP contribution in [0.15, 0.2) is 45.9 Å². The highest BCUT2D eigenvalue weighted by molar-refractivity contribution is 7.98. The molecule has 0 bridgehead atoms. The predicted octanol–water partition coefficient (Wildman–Crippen LogP) is 2.48. The first-order chi connectivity index (χ1) is 13.5. The Hall–Kier alpha value is -2.39. The zero-order chi connectivity index (χ0) is 20.2. The Morgan fingerprint density at radius 1 is 1.32 bits per heavy atom. The van der Waals surface area contributed by atoms with Crippen LogP contribution in [0.1, 0.15) is 17.2 Å². The minimum absolute atomic E-state index is 0.293. The molecule has 0 amide bonds. The molecular weight excluding hydrogens is 378 g/mol. The zero-order valence-electron chi connectivity index (χ0n) is 16.3. The van der Waals surface area contributed by atoms with Crippen molar-refractivity contribution >= 4 is 17.6 Å². The highest BCUT2D eigenvalue weighted by Crippen LogP contribution is 2.16. The number of nitro groups is 1. The van der Waals surface area contributed by atoms with Crippen LogP contribution in [0, 0.1) is 10.1 Å². The molecule has 2 rings (SSSR count). The summed E-state index contributed by atoms with van der Waals surface area (Å²) in [6.07, 6.45) is 2.43. The molecule has 2 aromatic heterocycles. The molecule has 9 heteroatoms. The Morgan fingerprint density at radius 3 is 2.86 bits per heavy atom. The summed E-state index contributed by atoms with van der Waals surface area (Å²) < 4.78 is 5.76. The summed E-state index contributed by atoms with van der Waals surface area (Å²) >= 11 is 1.70. The van der Waals surface area contributed by atoms with Crippen LogP contribution in [-0.2, 0) is 18.7 Å². The van der Waals surface area contributed by atoms with Crippen LogP contribution in [0.25, 0.3) is 0 Å². The number of nitrogens with one attached hydrogen (secondary N) is 1. The van der Waals surface area contributed by atoms with E-state index in [0.29, 0.717) is 25.3 Å². The molecule has 0 fully saturated rings. The van der Waals surface area contributed by atoms with Crippen molar-refractivity contribution in [1.29, 1.82) is 0 Å². The number of hydrogen-bond acceptors (Lipinski definition) is 7. The fourth-order valence-electron chi connectivity index (χ4n) is 2.48. The first-order valence-electron chi connectivity index (χ1n) is 9.12. The van der Waals surface area contributed by atoms with Gasteiger partial charge in [0.15, 0.2) is 5.84 Å². The summed E-state index contributed by atoms with van der Waals surface area (Å²) in [5, 5.41) is 13.9. The number of amidine groups is 1. The van der Waals surface area contributed by atoms with E-state index in [4.69, 9.17) is 4.42 Å². The van der Waals surface area contributed by atoms with E-state index >= 15 is 0 Å². The van der Waals surface area contributed by atoms with Crippen molar-refractivity contribution < 1.29 is 9.34 Å². The largest absolute Gasteiger partial charge is 0.464 e. The third kappa shape index (κ3) is 9.01. The third-order valence-electron chi connectivity index (χ3n) is 3.69. The Bertz CT molecular complexity index is 749. The van der Waals surface area contributed by atoms with E-state index in [-0.39, 0.29) is 11.5 Å². The van der Waals surface area contributed by atoms with Gasteiger partial charge >= 0.3 is 0 Å². The number of aromatic nitrogens is 1. The van der Waals surface area contributed by atoms with E-state index in [0.717, 1.165) is 35.3 Å². The second-order valence-corrected chi connectivity index (χ2v) is 7.58. The lowest BCUT2D eigenvalue weighted by molar-refractivity contribution is -0.463. The SMILES string of the molecule is CN(C)Cc1ccc(CSCCN=C(C[N+](=O)[O-])NCCc2ccccn2)o1. The summed E-state index contributed by atoms with van der Waals surface area (Å²) in [4.78, 5) is 21.1. The zero-order valence-corrected chi connectivity index (χ0v) is 17.2. The van der Waals surface area contributed by atoms with E-state index in [1.165, 1.54) is 0 Å². The molecule has 0 aliphatic rings. The number of furan rings is 1. The number of rotatable bonds is 12. The second kappa shape index (κ2) is 12.1. The summed E-state index contributed by atoms with van der Waals surface area (Å²) in [7, 11) is 4.00. The highest BCUT2D eigenvalue weighted by Gasteiger charge is 2.07. The maximum absolute atomic E-state index is 10.8. The third-order valence-corrected chi connectivity index (χ3v) is 4.65. The van der Waals surface area contributed by atoms with E-state index < -0.39 is 0 Å². The number of pyridine rings is 1. The molecular formula is C19H27N5O3S. The fourth-order valence-corrected chi connectivity index (χ4v) is 3.20. The number of thioether (sulfide) groups is 1. The van der Waals surface area contributed by atoms with Crippen LogP contribution >= 0.6 is 11.8 Å². The molecule has 0 unspecified atom stereocenters. The minimum atomic E-state index is -0.366. The number of aliphatic imine (C=N–C) groups is 1. The molecule has 0 aliphatic carbocycles. The first kappa shape index (κ1) is 21.9. The monoisotopic (exact) mass is 405 g/mol. The van der Waals surface area contributed by atoms with E-state index in [1.807, 2.05) is 44.4 Å². The van der Waals surface area contributed by atoms with Crippen LogP contribution in [0.3, 0.4) is 0 Å². The van der Waals surface area contributed by atoms with Crippen molar-refractivity contribution in [3.63, 3.8) is 0 Å². The fraction of sp³-hybridized carbons (Fsp3) is 0.474. The average Bonchev–Trinajstić information content (AvgIpc) is 3.08. The Morgan fingerprint density at radius 2 is 2.14 bits per heavy atom. The van der Waals surface area contributed by atoms with Gasteiger partial charge in [0, 0.05) is 35.5 Å². The lowest BCUT2D eigenvalue weighted by atomic mass is 10.3. The van der Waals surface area contributed by atoms with Crippen LogP contribution in [0.5, 0.6) is 0 Å². The van der Waals surface area contributed by atoms with Crippen LogP contribution in [-0.4, -0.2) is 60.1 Å². The molecule has 152 valence electrons. The maximum atomic E-state index is 10.8. The molecule has 0 saturated carbocycles. The summed E-state index contributed by atoms with van der Waals surface area (Å²) in [5.41, 5.74) is 0.943. The van der Waals surface area contributed by atoms with Crippen molar-refractivity contribution in [3.8, 4) is 0 Å². The predicted molar refractivity (Wildman–Crippen MR) is 112 cm³/mol. The molecule has 0 aromatic carbocycles. The molecule has 0 radical (unpaired) electrons. The van der Waals surface area contributed by atoms with Gasteiger partial charge in [-0.15, -0.1) is 0 Å². The van der Waals surface area contributed by atoms with Gasteiger partial charge in [-0.25, -0.2) is 0 Å². The van der Waals surface area contributed by atoms with Crippen LogP contribution < -0.4 is 5.32 Å². The van der Waals surface area contributed by atoms with Crippen molar-refractivity contribution in [3.05, 3.63) is 63.9 Å². The molecule has 0 aliphatic heterocycles. The van der Waals surface area contributed by atoms with Crippen molar-refractivity contribution in [1.82, 2.24) is 15.2 Å². The molecule has 0 saturated heterocycles. The smallest absolute Gasteiger partial charge is 0.259 e. The quantitative estimate of drug-likeness (QED) is 0.190. The second-order valence-electron chi connectivity index (χ2n) is 6.48. The maximum Gasteiger partial charge on any atom is 0.259 e. The number of nitrogens with zero attached hydrogens (tertiary/aromatic N) is 4. The Labute approximate surface area is 169 Å². The Kier molecular flexibility index (Phi) is 9.50. The van der Waals surface area contributed by atoms with Crippen LogP contribution in [0.4, 0.5) is 0 Å². The van der Waals surface area contributed by atoms with Crippen LogP contribution in [0.2, 0.25) is 0 Å². The van der Waals surface area contributed by atoms with Gasteiger partial charge in [-0.2, -0.15) is 11.8 Å². The number of hydrogen-bond donors (Lipinski definition) is 1. The summed E-state index contributed by atoms with van der Waals surface area (Å²) in [5.74, 6) is 3.83. The molecule has 0 atom stereocenters. The summed E-state index contributed by atoms with van der Waals surface area (Å²) in [6.45, 7) is 1.58. The highest BCUT2D eigenvalue weighted by atomic mass is 32.2. The first-order valence-corrected chi connectivity index (χ1v) is 10.3. The van der Waals surface area contributed by atoms with Crippen molar-refractivity contribution in [2.24, 2.45) is 4.99 Å². The van der Waals surface area contributed by atoms with Gasteiger partial charge in [-0.3, -0.25) is 20.1 Å². The summed E-state index contributed by atoms with van der Waals surface area (Å²) in [6, 6.07) is 9.70. The lowest BCUT2D eigenvalue weighted by Gasteiger charge is -2.07. The molecule has 1 N–H and O–H groups in total. The minimum Gasteiger partial charge on any atom is -0.464 e. The van der Waals surface area contributed by atoms with Crippen molar-refractivity contribution in [2.45, 2.75) is 18.7 Å². The normalized spacial score (nSPS) is 11.8. The molecule has 28 heavy (non-hydrogen) atoms. The van der Waals surface area contributed by atoms with Crippen molar-refractivity contribution in [2.75, 3.05) is 39.5 Å². The van der Waals surface area contributed by atoms with Gasteiger partial charge in [0.2, 0.25) is 0 Å². The van der Waals surface area contributed by atoms with Gasteiger partial charge < -0.3 is 14.6 Å². The lowest BCUT2D eigenvalue weighted by Crippen LogP contribution is -2.32. The molecule has 8 nitrogen and oxygen atoms in total. The molecule has 2 aromatic rings. The topological polar surface area (TPSA) is 96.8 Å². The molecule has 0 spiro atoms. The van der Waals surface area contributed by atoms with E-state index in [9.17, 15) is 10.1 Å². The average molecular weight is 406 g/mol. The van der Waals surface area contributed by atoms with Gasteiger partial charge in [0.1, 0.15) is 11.5 Å². The van der Waals surface area contributed by atoms with Gasteiger partial charge in [-0.1, -0.05) is 6.07 Å². The Balaban J connectivity index is 1.71. The van der Waals surface area contributed by atoms with E-state index in [1.54, 1.807) is 18.0 Å². The van der Waals surface area contributed by atoms with Gasteiger partial charge in [0.25, 0.3) is 6.54 Å².